The van der Waals surface area contributed by atoms with Crippen LogP contribution in [0.3, 0.4) is 0 Å². The van der Waals surface area contributed by atoms with Crippen LogP contribution in [0.1, 0.15) is 399 Å². The van der Waals surface area contributed by atoms with E-state index in [9.17, 15) is 19.8 Å². The Hall–Kier alpha value is -1.92. The molecule has 0 radical (unpaired) electrons. The summed E-state index contributed by atoms with van der Waals surface area (Å²) < 4.78 is 5.47. The molecule has 2 unspecified atom stereocenters. The first kappa shape index (κ1) is 78.1. The van der Waals surface area contributed by atoms with Gasteiger partial charge < -0.3 is 20.3 Å². The third-order valence-corrected chi connectivity index (χ3v) is 16.9. The number of allylic oxidation sites excluding steroid dienone is 5. The van der Waals surface area contributed by atoms with Crippen molar-refractivity contribution >= 4 is 11.9 Å². The van der Waals surface area contributed by atoms with E-state index in [4.69, 9.17) is 4.74 Å². The lowest BCUT2D eigenvalue weighted by Crippen LogP contribution is -2.45. The zero-order chi connectivity index (χ0) is 57.8. The van der Waals surface area contributed by atoms with E-state index in [1.165, 1.54) is 327 Å². The standard InChI is InChI=1S/C74H141NO5/c1-3-5-7-9-11-13-15-16-17-18-19-20-21-25-28-31-34-37-40-43-47-50-54-58-62-66-72(77)71(70-76)75-73(78)67-63-59-55-51-48-44-41-38-35-32-29-26-23-22-24-27-30-33-36-39-42-45-49-53-57-61-65-69-80-74(79)68-64-60-56-52-46-14-12-10-8-6-4-2/h22-23,27,30,62,66,71-72,76-77H,3-21,24-26,28-29,31-61,63-65,67-70H2,1-2H3,(H,75,78)/b23-22-,30-27-,66-62+. The molecule has 0 aromatic heterocycles. The van der Waals surface area contributed by atoms with Crippen molar-refractivity contribution in [3.63, 3.8) is 0 Å². The number of carbonyl (C=O) groups excluding carboxylic acids is 2. The van der Waals surface area contributed by atoms with Crippen molar-refractivity contribution in [3.05, 3.63) is 36.5 Å². The van der Waals surface area contributed by atoms with Crippen LogP contribution in [0.25, 0.3) is 0 Å². The van der Waals surface area contributed by atoms with E-state index < -0.39 is 12.1 Å². The van der Waals surface area contributed by atoms with E-state index in [1.54, 1.807) is 6.08 Å². The van der Waals surface area contributed by atoms with Gasteiger partial charge in [-0.25, -0.2) is 0 Å². The van der Waals surface area contributed by atoms with Gasteiger partial charge in [0, 0.05) is 12.8 Å². The third-order valence-electron chi connectivity index (χ3n) is 16.9. The molecule has 0 aliphatic heterocycles. The van der Waals surface area contributed by atoms with Gasteiger partial charge in [0.15, 0.2) is 0 Å². The van der Waals surface area contributed by atoms with Gasteiger partial charge in [0.25, 0.3) is 0 Å². The molecule has 0 saturated carbocycles. The van der Waals surface area contributed by atoms with Crippen molar-refractivity contribution in [1.82, 2.24) is 5.32 Å². The highest BCUT2D eigenvalue weighted by Crippen LogP contribution is 2.19. The van der Waals surface area contributed by atoms with Gasteiger partial charge in [-0.3, -0.25) is 9.59 Å². The molecule has 0 heterocycles. The topological polar surface area (TPSA) is 95.9 Å². The van der Waals surface area contributed by atoms with Crippen molar-refractivity contribution < 1.29 is 24.5 Å². The number of carbonyl (C=O) groups is 2. The Kier molecular flexibility index (Phi) is 67.9. The highest BCUT2D eigenvalue weighted by Gasteiger charge is 2.18. The molecule has 3 N–H and O–H groups in total. The molecular weight excluding hydrogens is 983 g/mol. The van der Waals surface area contributed by atoms with Gasteiger partial charge in [-0.1, -0.05) is 359 Å². The summed E-state index contributed by atoms with van der Waals surface area (Å²) >= 11 is 0. The van der Waals surface area contributed by atoms with Gasteiger partial charge in [0.05, 0.1) is 25.4 Å². The number of amides is 1. The second-order valence-corrected chi connectivity index (χ2v) is 24.9. The van der Waals surface area contributed by atoms with E-state index in [0.29, 0.717) is 19.4 Å². The third kappa shape index (κ3) is 65.2. The van der Waals surface area contributed by atoms with Gasteiger partial charge in [-0.15, -0.1) is 0 Å². The van der Waals surface area contributed by atoms with Gasteiger partial charge in [-0.05, 0) is 64.2 Å². The molecule has 2 atom stereocenters. The molecule has 0 rings (SSSR count). The number of ether oxygens (including phenoxy) is 1. The summed E-state index contributed by atoms with van der Waals surface area (Å²) in [6.07, 6.45) is 89.5. The molecule has 0 aromatic carbocycles. The lowest BCUT2D eigenvalue weighted by molar-refractivity contribution is -0.143. The number of esters is 1. The summed E-state index contributed by atoms with van der Waals surface area (Å²) in [6.45, 7) is 4.93. The van der Waals surface area contributed by atoms with E-state index in [2.05, 4.69) is 43.5 Å². The molecule has 6 nitrogen and oxygen atoms in total. The van der Waals surface area contributed by atoms with E-state index in [0.717, 1.165) is 44.9 Å². The summed E-state index contributed by atoms with van der Waals surface area (Å²) in [5, 5.41) is 23.3. The predicted octanol–water partition coefficient (Wildman–Crippen LogP) is 23.5. The number of hydrogen-bond acceptors (Lipinski definition) is 5. The van der Waals surface area contributed by atoms with Crippen LogP contribution in [0.5, 0.6) is 0 Å². The summed E-state index contributed by atoms with van der Waals surface area (Å²) in [6, 6.07) is -0.632. The minimum Gasteiger partial charge on any atom is -0.466 e. The molecular formula is C74H141NO5. The average molecular weight is 1120 g/mol. The molecule has 0 fully saturated rings. The summed E-state index contributed by atoms with van der Waals surface area (Å²) in [7, 11) is 0. The molecule has 0 aliphatic rings. The highest BCUT2D eigenvalue weighted by molar-refractivity contribution is 5.76. The number of rotatable bonds is 68. The quantitative estimate of drug-likeness (QED) is 0.0320. The molecule has 0 saturated heterocycles. The van der Waals surface area contributed by atoms with Crippen LogP contribution < -0.4 is 5.32 Å². The van der Waals surface area contributed by atoms with E-state index in [1.807, 2.05) is 6.08 Å². The van der Waals surface area contributed by atoms with Crippen LogP contribution in [-0.4, -0.2) is 47.4 Å². The first-order valence-electron chi connectivity index (χ1n) is 36.3. The minimum absolute atomic E-state index is 0.0104. The van der Waals surface area contributed by atoms with E-state index >= 15 is 0 Å². The first-order valence-corrected chi connectivity index (χ1v) is 36.3. The Bertz CT molecular complexity index is 1300. The lowest BCUT2D eigenvalue weighted by atomic mass is 10.0. The number of aliphatic hydroxyl groups excluding tert-OH is 2. The van der Waals surface area contributed by atoms with E-state index in [-0.39, 0.29) is 18.5 Å². The Balaban J connectivity index is 3.45. The lowest BCUT2D eigenvalue weighted by Gasteiger charge is -2.20. The fourth-order valence-corrected chi connectivity index (χ4v) is 11.4. The van der Waals surface area contributed by atoms with Crippen molar-refractivity contribution in [2.24, 2.45) is 0 Å². The zero-order valence-electron chi connectivity index (χ0n) is 54.1. The Morgan fingerprint density at radius 1 is 0.350 bits per heavy atom. The van der Waals surface area contributed by atoms with Crippen LogP contribution in [0.2, 0.25) is 0 Å². The molecule has 0 aliphatic carbocycles. The predicted molar refractivity (Wildman–Crippen MR) is 352 cm³/mol. The molecule has 472 valence electrons. The molecule has 0 bridgehead atoms. The van der Waals surface area contributed by atoms with Crippen molar-refractivity contribution in [1.29, 1.82) is 0 Å². The fraction of sp³-hybridized carbons (Fsp3) is 0.892. The molecule has 6 heteroatoms. The zero-order valence-corrected chi connectivity index (χ0v) is 54.1. The largest absolute Gasteiger partial charge is 0.466 e. The number of nitrogens with one attached hydrogen (secondary N) is 1. The average Bonchev–Trinajstić information content (AvgIpc) is 3.46. The maximum absolute atomic E-state index is 12.5. The monoisotopic (exact) mass is 1120 g/mol. The number of aliphatic hydroxyl groups is 2. The van der Waals surface area contributed by atoms with Crippen LogP contribution in [0, 0.1) is 0 Å². The molecule has 1 amide bonds. The summed E-state index contributed by atoms with van der Waals surface area (Å²) in [5.41, 5.74) is 0. The molecule has 80 heavy (non-hydrogen) atoms. The maximum Gasteiger partial charge on any atom is 0.305 e. The fourth-order valence-electron chi connectivity index (χ4n) is 11.4. The minimum atomic E-state index is -0.848. The number of hydrogen-bond donors (Lipinski definition) is 3. The Morgan fingerprint density at radius 3 is 0.950 bits per heavy atom. The molecule has 0 spiro atoms. The smallest absolute Gasteiger partial charge is 0.305 e. The molecule has 0 aromatic rings. The van der Waals surface area contributed by atoms with Gasteiger partial charge in [-0.2, -0.15) is 0 Å². The summed E-state index contributed by atoms with van der Waals surface area (Å²) in [5.74, 6) is -0.0564. The maximum atomic E-state index is 12.5. The normalized spacial score (nSPS) is 12.7. The van der Waals surface area contributed by atoms with Crippen LogP contribution in [0.4, 0.5) is 0 Å². The van der Waals surface area contributed by atoms with Gasteiger partial charge in [0.2, 0.25) is 5.91 Å². The van der Waals surface area contributed by atoms with Crippen LogP contribution in [-0.2, 0) is 14.3 Å². The second kappa shape index (κ2) is 69.6. The summed E-state index contributed by atoms with van der Waals surface area (Å²) in [4.78, 5) is 24.5. The van der Waals surface area contributed by atoms with Gasteiger partial charge in [0.1, 0.15) is 0 Å². The number of unbranched alkanes of at least 4 members (excludes halogenated alkanes) is 53. The van der Waals surface area contributed by atoms with Crippen LogP contribution >= 0.6 is 0 Å². The SMILES string of the molecule is CCCCCCCCCCCCCCCCCCCCCCCCC/C=C/C(O)C(CO)NC(=O)CCCCCCCCCCCCC/C=C\C/C=C\CCCCCCCCCCCOC(=O)CCCCCCCCCCCCC. The first-order chi connectivity index (χ1) is 39.5. The second-order valence-electron chi connectivity index (χ2n) is 24.9. The van der Waals surface area contributed by atoms with Crippen molar-refractivity contribution in [3.8, 4) is 0 Å². The van der Waals surface area contributed by atoms with Crippen molar-refractivity contribution in [2.45, 2.75) is 411 Å². The Morgan fingerprint density at radius 2 is 0.625 bits per heavy atom. The van der Waals surface area contributed by atoms with Crippen LogP contribution in [0.15, 0.2) is 36.5 Å². The van der Waals surface area contributed by atoms with Crippen molar-refractivity contribution in [2.75, 3.05) is 13.2 Å². The highest BCUT2D eigenvalue weighted by atomic mass is 16.5. The van der Waals surface area contributed by atoms with Gasteiger partial charge >= 0.3 is 5.97 Å². The Labute approximate surface area is 500 Å².